The molecule has 5 nitrogen and oxygen atoms in total. The molecule has 0 spiro atoms. The topological polar surface area (TPSA) is 48.6 Å². The Hall–Kier alpha value is -2.27. The molecule has 5 heteroatoms. The number of aryl methyl sites for hydroxylation is 1. The van der Waals surface area contributed by atoms with Crippen LogP contribution in [0.4, 0.5) is 5.69 Å². The van der Waals surface area contributed by atoms with Crippen LogP contribution >= 0.6 is 0 Å². The Bertz CT molecular complexity index is 800. The average Bonchev–Trinajstić information content (AvgIpc) is 2.63. The predicted molar refractivity (Wildman–Crippen MR) is 102 cm³/mol. The molecular formula is C20H27N3O2. The fourth-order valence-corrected chi connectivity index (χ4v) is 3.51. The first-order chi connectivity index (χ1) is 12.0. The van der Waals surface area contributed by atoms with Crippen molar-refractivity contribution in [2.24, 2.45) is 0 Å². The van der Waals surface area contributed by atoms with Crippen LogP contribution in [0.2, 0.25) is 0 Å². The lowest BCUT2D eigenvalue weighted by Crippen LogP contribution is -2.51. The van der Waals surface area contributed by atoms with Gasteiger partial charge in [0.05, 0.1) is 12.8 Å². The minimum absolute atomic E-state index is 0.147. The van der Waals surface area contributed by atoms with Crippen molar-refractivity contribution in [3.8, 4) is 5.75 Å². The maximum atomic E-state index is 12.2. The highest BCUT2D eigenvalue weighted by atomic mass is 16.5. The summed E-state index contributed by atoms with van der Waals surface area (Å²) in [7, 11) is 1.72. The normalized spacial score (nSPS) is 18.4. The van der Waals surface area contributed by atoms with Crippen molar-refractivity contribution in [3.63, 3.8) is 0 Å². The second-order valence-electron chi connectivity index (χ2n) is 6.84. The maximum absolute atomic E-state index is 12.2. The first-order valence-electron chi connectivity index (χ1n) is 8.81. The average molecular weight is 341 g/mol. The Morgan fingerprint density at radius 3 is 2.72 bits per heavy atom. The third-order valence-electron chi connectivity index (χ3n) is 5.17. The van der Waals surface area contributed by atoms with E-state index in [1.54, 1.807) is 7.11 Å². The van der Waals surface area contributed by atoms with E-state index in [0.29, 0.717) is 6.04 Å². The van der Waals surface area contributed by atoms with Crippen LogP contribution in [0.5, 0.6) is 5.75 Å². The highest BCUT2D eigenvalue weighted by Gasteiger charge is 2.26. The molecule has 0 radical (unpaired) electrons. The zero-order valence-electron chi connectivity index (χ0n) is 15.5. The number of piperazine rings is 1. The van der Waals surface area contributed by atoms with Gasteiger partial charge in [-0.15, -0.1) is 0 Å². The molecule has 0 bridgehead atoms. The number of ether oxygens (including phenoxy) is 1. The van der Waals surface area contributed by atoms with Crippen LogP contribution in [-0.2, 0) is 6.54 Å². The van der Waals surface area contributed by atoms with Gasteiger partial charge in [-0.3, -0.25) is 9.69 Å². The first kappa shape index (κ1) is 17.5. The second-order valence-corrected chi connectivity index (χ2v) is 6.84. The highest BCUT2D eigenvalue weighted by molar-refractivity contribution is 5.58. The van der Waals surface area contributed by atoms with Gasteiger partial charge in [-0.2, -0.15) is 0 Å². The number of pyridine rings is 1. The van der Waals surface area contributed by atoms with Gasteiger partial charge in [0.1, 0.15) is 5.75 Å². The molecule has 1 atom stereocenters. The molecule has 3 rings (SSSR count). The highest BCUT2D eigenvalue weighted by Crippen LogP contribution is 2.29. The number of hydrogen-bond acceptors (Lipinski definition) is 4. The van der Waals surface area contributed by atoms with Crippen LogP contribution in [0.15, 0.2) is 35.3 Å². The summed E-state index contributed by atoms with van der Waals surface area (Å²) in [5, 5.41) is 0. The van der Waals surface area contributed by atoms with Gasteiger partial charge < -0.3 is 14.6 Å². The number of benzene rings is 1. The van der Waals surface area contributed by atoms with Crippen LogP contribution in [0.3, 0.4) is 0 Å². The lowest BCUT2D eigenvalue weighted by molar-refractivity contribution is 0.178. The summed E-state index contributed by atoms with van der Waals surface area (Å²) >= 11 is 0. The zero-order valence-corrected chi connectivity index (χ0v) is 15.5. The summed E-state index contributed by atoms with van der Waals surface area (Å²) in [6.45, 7) is 9.62. The van der Waals surface area contributed by atoms with Gasteiger partial charge >= 0.3 is 0 Å². The number of nitrogens with one attached hydrogen (secondary N) is 1. The molecule has 1 aliphatic rings. The Balaban J connectivity index is 1.72. The molecule has 2 heterocycles. The molecule has 0 amide bonds. The van der Waals surface area contributed by atoms with E-state index in [2.05, 4.69) is 33.8 Å². The van der Waals surface area contributed by atoms with Crippen LogP contribution in [-0.4, -0.2) is 42.7 Å². The maximum Gasteiger partial charge on any atom is 0.187 e. The van der Waals surface area contributed by atoms with Crippen molar-refractivity contribution in [3.05, 3.63) is 57.5 Å². The van der Waals surface area contributed by atoms with E-state index in [-0.39, 0.29) is 5.43 Å². The van der Waals surface area contributed by atoms with Gasteiger partial charge in [0.2, 0.25) is 0 Å². The number of aromatic nitrogens is 1. The van der Waals surface area contributed by atoms with Crippen molar-refractivity contribution >= 4 is 5.69 Å². The van der Waals surface area contributed by atoms with Gasteiger partial charge in [-0.05, 0) is 32.9 Å². The number of hydrogen-bond donors (Lipinski definition) is 1. The monoisotopic (exact) mass is 341 g/mol. The zero-order chi connectivity index (χ0) is 18.0. The number of H-pyrrole nitrogens is 1. The van der Waals surface area contributed by atoms with Gasteiger partial charge in [-0.1, -0.05) is 12.1 Å². The molecule has 0 saturated carbocycles. The molecule has 134 valence electrons. The number of methoxy groups -OCH3 is 1. The number of aromatic amines is 1. The second kappa shape index (κ2) is 7.31. The summed E-state index contributed by atoms with van der Waals surface area (Å²) in [6.07, 6.45) is 1.82. The SMILES string of the molecule is COc1ccccc1N1CCN(Cc2[nH]cc(C)c(=O)c2C)[C@H](C)C1. The molecule has 1 N–H and O–H groups in total. The lowest BCUT2D eigenvalue weighted by Gasteiger charge is -2.41. The van der Waals surface area contributed by atoms with E-state index in [1.165, 1.54) is 0 Å². The third kappa shape index (κ3) is 3.56. The Morgan fingerprint density at radius 2 is 2.00 bits per heavy atom. The lowest BCUT2D eigenvalue weighted by atomic mass is 10.1. The van der Waals surface area contributed by atoms with Crippen molar-refractivity contribution < 1.29 is 4.74 Å². The number of nitrogens with zero attached hydrogens (tertiary/aromatic N) is 2. The molecule has 0 aliphatic carbocycles. The molecular weight excluding hydrogens is 314 g/mol. The number of anilines is 1. The van der Waals surface area contributed by atoms with Crippen LogP contribution in [0, 0.1) is 13.8 Å². The molecule has 0 unspecified atom stereocenters. The molecule has 1 aromatic heterocycles. The molecule has 1 saturated heterocycles. The van der Waals surface area contributed by atoms with Gasteiger partial charge in [-0.25, -0.2) is 0 Å². The Morgan fingerprint density at radius 1 is 1.24 bits per heavy atom. The van der Waals surface area contributed by atoms with Crippen molar-refractivity contribution in [1.82, 2.24) is 9.88 Å². The van der Waals surface area contributed by atoms with E-state index >= 15 is 0 Å². The van der Waals surface area contributed by atoms with E-state index in [0.717, 1.165) is 54.4 Å². The van der Waals surface area contributed by atoms with Gasteiger partial charge in [0.25, 0.3) is 0 Å². The first-order valence-corrected chi connectivity index (χ1v) is 8.81. The molecule has 1 aliphatic heterocycles. The van der Waals surface area contributed by atoms with Crippen LogP contribution in [0.25, 0.3) is 0 Å². The van der Waals surface area contributed by atoms with E-state index in [9.17, 15) is 4.79 Å². The van der Waals surface area contributed by atoms with E-state index in [1.807, 2.05) is 32.2 Å². The van der Waals surface area contributed by atoms with Crippen molar-refractivity contribution in [1.29, 1.82) is 0 Å². The van der Waals surface area contributed by atoms with E-state index < -0.39 is 0 Å². The minimum Gasteiger partial charge on any atom is -0.495 e. The fourth-order valence-electron chi connectivity index (χ4n) is 3.51. The van der Waals surface area contributed by atoms with E-state index in [4.69, 9.17) is 4.74 Å². The predicted octanol–water partition coefficient (Wildman–Crippen LogP) is 2.71. The third-order valence-corrected chi connectivity index (χ3v) is 5.17. The molecule has 2 aromatic rings. The van der Waals surface area contributed by atoms with Crippen LogP contribution in [0.1, 0.15) is 23.7 Å². The Kier molecular flexibility index (Phi) is 5.13. The quantitative estimate of drug-likeness (QED) is 0.929. The number of para-hydroxylation sites is 2. The van der Waals surface area contributed by atoms with Gasteiger partial charge in [0, 0.05) is 55.2 Å². The summed E-state index contributed by atoms with van der Waals surface area (Å²) in [5.41, 5.74) is 3.92. The van der Waals surface area contributed by atoms with Crippen molar-refractivity contribution in [2.45, 2.75) is 33.4 Å². The molecule has 1 aromatic carbocycles. The van der Waals surface area contributed by atoms with Crippen LogP contribution < -0.4 is 15.1 Å². The number of rotatable bonds is 4. The molecule has 25 heavy (non-hydrogen) atoms. The largest absolute Gasteiger partial charge is 0.495 e. The standard InChI is InChI=1S/C20H27N3O2/c1-14-11-21-17(16(3)20(14)24)13-22-9-10-23(12-15(22)2)18-7-5-6-8-19(18)25-4/h5-8,11,15H,9-10,12-13H2,1-4H3,(H,21,24)/t15-/m1/s1. The summed E-state index contributed by atoms with van der Waals surface area (Å²) in [4.78, 5) is 20.3. The van der Waals surface area contributed by atoms with Crippen molar-refractivity contribution in [2.75, 3.05) is 31.6 Å². The van der Waals surface area contributed by atoms with Gasteiger partial charge in [0.15, 0.2) is 5.43 Å². The fraction of sp³-hybridized carbons (Fsp3) is 0.450. The summed E-state index contributed by atoms with van der Waals surface area (Å²) < 4.78 is 5.50. The molecule has 1 fully saturated rings. The summed E-state index contributed by atoms with van der Waals surface area (Å²) in [5.74, 6) is 0.918. The Labute approximate surface area is 149 Å². The smallest absolute Gasteiger partial charge is 0.187 e. The minimum atomic E-state index is 0.147. The summed E-state index contributed by atoms with van der Waals surface area (Å²) in [6, 6.07) is 8.56.